The minimum absolute atomic E-state index is 0.169. The van der Waals surface area contributed by atoms with Crippen LogP contribution >= 0.6 is 35.0 Å². The summed E-state index contributed by atoms with van der Waals surface area (Å²) < 4.78 is 1.56. The molecule has 0 bridgehead atoms. The van der Waals surface area contributed by atoms with Crippen LogP contribution in [0.25, 0.3) is 5.69 Å². The van der Waals surface area contributed by atoms with E-state index in [9.17, 15) is 4.79 Å². The van der Waals surface area contributed by atoms with Crippen LogP contribution in [0.2, 0.25) is 10.0 Å². The Morgan fingerprint density at radius 2 is 1.92 bits per heavy atom. The van der Waals surface area contributed by atoms with Crippen molar-refractivity contribution in [2.75, 3.05) is 5.32 Å². The van der Waals surface area contributed by atoms with Crippen molar-refractivity contribution in [3.8, 4) is 5.69 Å². The lowest BCUT2D eigenvalue weighted by molar-refractivity contribution is -0.115. The van der Waals surface area contributed by atoms with E-state index in [0.29, 0.717) is 20.9 Å². The Bertz CT molecular complexity index is 884. The molecule has 6 nitrogen and oxygen atoms in total. The Balaban J connectivity index is 1.71. The van der Waals surface area contributed by atoms with Gasteiger partial charge in [-0.2, -0.15) is 4.68 Å². The minimum Gasteiger partial charge on any atom is -0.325 e. The fourth-order valence-corrected chi connectivity index (χ4v) is 3.14. The molecule has 25 heavy (non-hydrogen) atoms. The number of carbonyl (C=O) groups is 1. The summed E-state index contributed by atoms with van der Waals surface area (Å²) in [6, 6.07) is 14.1. The highest BCUT2D eigenvalue weighted by molar-refractivity contribution is 8.00. The predicted molar refractivity (Wildman–Crippen MR) is 99.6 cm³/mol. The van der Waals surface area contributed by atoms with Gasteiger partial charge in [0, 0.05) is 15.7 Å². The number of aromatic nitrogens is 4. The molecule has 0 fully saturated rings. The number of halogens is 2. The van der Waals surface area contributed by atoms with Crippen molar-refractivity contribution in [1.82, 2.24) is 20.2 Å². The largest absolute Gasteiger partial charge is 0.325 e. The predicted octanol–water partition coefficient (Wildman–Crippen LogP) is 4.09. The summed E-state index contributed by atoms with van der Waals surface area (Å²) >= 11 is 13.1. The number of hydrogen-bond acceptors (Lipinski definition) is 5. The minimum atomic E-state index is -0.406. The highest BCUT2D eigenvalue weighted by Crippen LogP contribution is 2.25. The summed E-state index contributed by atoms with van der Waals surface area (Å²) in [5, 5.41) is 15.8. The number of nitrogens with one attached hydrogen (secondary N) is 1. The molecule has 0 saturated heterocycles. The zero-order valence-corrected chi connectivity index (χ0v) is 15.4. The van der Waals surface area contributed by atoms with Crippen LogP contribution in [-0.4, -0.2) is 31.4 Å². The Morgan fingerprint density at radius 1 is 1.16 bits per heavy atom. The van der Waals surface area contributed by atoms with E-state index in [-0.39, 0.29) is 5.91 Å². The van der Waals surface area contributed by atoms with Crippen molar-refractivity contribution in [1.29, 1.82) is 0 Å². The molecule has 1 N–H and O–H groups in total. The third-order valence-electron chi connectivity index (χ3n) is 3.26. The van der Waals surface area contributed by atoms with Gasteiger partial charge < -0.3 is 5.32 Å². The number of nitrogens with zero attached hydrogens (tertiary/aromatic N) is 4. The van der Waals surface area contributed by atoms with Gasteiger partial charge in [-0.15, -0.1) is 5.10 Å². The van der Waals surface area contributed by atoms with Crippen molar-refractivity contribution in [2.24, 2.45) is 0 Å². The SMILES string of the molecule is CC(Sc1nnnn1-c1ccc(Cl)cc1)C(=O)Nc1cccc(Cl)c1. The van der Waals surface area contributed by atoms with Crippen LogP contribution in [0.4, 0.5) is 5.69 Å². The van der Waals surface area contributed by atoms with Crippen LogP contribution < -0.4 is 5.32 Å². The second kappa shape index (κ2) is 7.86. The third kappa shape index (κ3) is 4.50. The quantitative estimate of drug-likeness (QED) is 0.660. The lowest BCUT2D eigenvalue weighted by Crippen LogP contribution is -2.22. The third-order valence-corrected chi connectivity index (χ3v) is 4.78. The Labute approximate surface area is 158 Å². The summed E-state index contributed by atoms with van der Waals surface area (Å²) in [4.78, 5) is 12.4. The second-order valence-corrected chi connectivity index (χ2v) is 7.29. The lowest BCUT2D eigenvalue weighted by Gasteiger charge is -2.12. The van der Waals surface area contributed by atoms with Crippen molar-refractivity contribution in [2.45, 2.75) is 17.3 Å². The first-order chi connectivity index (χ1) is 12.0. The van der Waals surface area contributed by atoms with E-state index in [4.69, 9.17) is 23.2 Å². The fraction of sp³-hybridized carbons (Fsp3) is 0.125. The molecule has 3 aromatic rings. The summed E-state index contributed by atoms with van der Waals surface area (Å²) in [5.41, 5.74) is 1.40. The van der Waals surface area contributed by atoms with E-state index in [0.717, 1.165) is 5.69 Å². The molecule has 2 aromatic carbocycles. The molecule has 0 aliphatic heterocycles. The first-order valence-electron chi connectivity index (χ1n) is 7.30. The molecular formula is C16H13Cl2N5OS. The number of amides is 1. The van der Waals surface area contributed by atoms with E-state index in [1.807, 2.05) is 0 Å². The maximum Gasteiger partial charge on any atom is 0.237 e. The standard InChI is InChI=1S/C16H13Cl2N5OS/c1-10(15(24)19-13-4-2-3-12(18)9-13)25-16-20-21-22-23(16)14-7-5-11(17)6-8-14/h2-10H,1H3,(H,19,24). The van der Waals surface area contributed by atoms with Gasteiger partial charge in [0.15, 0.2) is 0 Å². The number of carbonyl (C=O) groups excluding carboxylic acids is 1. The van der Waals surface area contributed by atoms with E-state index in [1.54, 1.807) is 60.1 Å². The smallest absolute Gasteiger partial charge is 0.237 e. The molecule has 0 aliphatic rings. The normalized spacial score (nSPS) is 12.0. The fourth-order valence-electron chi connectivity index (χ4n) is 2.02. The Morgan fingerprint density at radius 3 is 2.64 bits per heavy atom. The van der Waals surface area contributed by atoms with Crippen LogP contribution in [0.1, 0.15) is 6.92 Å². The number of thioether (sulfide) groups is 1. The maximum atomic E-state index is 12.4. The summed E-state index contributed by atoms with van der Waals surface area (Å²) in [6.07, 6.45) is 0. The van der Waals surface area contributed by atoms with Gasteiger partial charge in [-0.1, -0.05) is 41.0 Å². The summed E-state index contributed by atoms with van der Waals surface area (Å²) in [7, 11) is 0. The molecule has 1 heterocycles. The van der Waals surface area contributed by atoms with E-state index in [1.165, 1.54) is 11.8 Å². The molecular weight excluding hydrogens is 381 g/mol. The number of anilines is 1. The zero-order chi connectivity index (χ0) is 17.8. The molecule has 1 amide bonds. The van der Waals surface area contributed by atoms with Gasteiger partial charge in [-0.05, 0) is 59.8 Å². The molecule has 9 heteroatoms. The van der Waals surface area contributed by atoms with Crippen LogP contribution in [0, 0.1) is 0 Å². The molecule has 0 aliphatic carbocycles. The van der Waals surface area contributed by atoms with E-state index < -0.39 is 5.25 Å². The molecule has 0 radical (unpaired) electrons. The summed E-state index contributed by atoms with van der Waals surface area (Å²) in [6.45, 7) is 1.78. The van der Waals surface area contributed by atoms with Gasteiger partial charge in [0.2, 0.25) is 11.1 Å². The average molecular weight is 394 g/mol. The van der Waals surface area contributed by atoms with Crippen LogP contribution in [0.15, 0.2) is 53.7 Å². The van der Waals surface area contributed by atoms with Crippen molar-refractivity contribution >= 4 is 46.6 Å². The Kier molecular flexibility index (Phi) is 5.57. The monoisotopic (exact) mass is 393 g/mol. The zero-order valence-electron chi connectivity index (χ0n) is 13.1. The summed E-state index contributed by atoms with van der Waals surface area (Å²) in [5.74, 6) is -0.169. The van der Waals surface area contributed by atoms with Crippen LogP contribution in [0.3, 0.4) is 0 Å². The molecule has 3 rings (SSSR count). The van der Waals surface area contributed by atoms with Crippen molar-refractivity contribution in [3.05, 3.63) is 58.6 Å². The van der Waals surface area contributed by atoms with Gasteiger partial charge in [-0.25, -0.2) is 0 Å². The van der Waals surface area contributed by atoms with Crippen LogP contribution in [-0.2, 0) is 4.79 Å². The number of tetrazole rings is 1. The second-order valence-electron chi connectivity index (χ2n) is 5.11. The molecule has 1 atom stereocenters. The van der Waals surface area contributed by atoms with Gasteiger partial charge in [-0.3, -0.25) is 4.79 Å². The van der Waals surface area contributed by atoms with Crippen molar-refractivity contribution < 1.29 is 4.79 Å². The maximum absolute atomic E-state index is 12.4. The number of rotatable bonds is 5. The molecule has 0 spiro atoms. The molecule has 1 aromatic heterocycles. The van der Waals surface area contributed by atoms with Gasteiger partial charge in [0.25, 0.3) is 0 Å². The highest BCUT2D eigenvalue weighted by Gasteiger charge is 2.19. The van der Waals surface area contributed by atoms with Gasteiger partial charge in [0.1, 0.15) is 0 Å². The van der Waals surface area contributed by atoms with E-state index >= 15 is 0 Å². The van der Waals surface area contributed by atoms with Crippen molar-refractivity contribution in [3.63, 3.8) is 0 Å². The lowest BCUT2D eigenvalue weighted by atomic mass is 10.3. The average Bonchev–Trinajstić information content (AvgIpc) is 3.03. The Hall–Kier alpha value is -2.09. The molecule has 1 unspecified atom stereocenters. The highest BCUT2D eigenvalue weighted by atomic mass is 35.5. The molecule has 0 saturated carbocycles. The first kappa shape index (κ1) is 17.7. The van der Waals surface area contributed by atoms with E-state index in [2.05, 4.69) is 20.8 Å². The van der Waals surface area contributed by atoms with Gasteiger partial charge in [0.05, 0.1) is 10.9 Å². The first-order valence-corrected chi connectivity index (χ1v) is 8.94. The van der Waals surface area contributed by atoms with Crippen LogP contribution in [0.5, 0.6) is 0 Å². The number of benzene rings is 2. The van der Waals surface area contributed by atoms with Gasteiger partial charge >= 0.3 is 0 Å². The molecule has 128 valence electrons. The number of hydrogen-bond donors (Lipinski definition) is 1. The topological polar surface area (TPSA) is 72.7 Å².